The van der Waals surface area contributed by atoms with Gasteiger partial charge in [-0.05, 0) is 60.8 Å². The Kier molecular flexibility index (Phi) is 3.26. The third-order valence-electron chi connectivity index (χ3n) is 7.05. The third kappa shape index (κ3) is 1.69. The number of benzene rings is 1. The van der Waals surface area contributed by atoms with Crippen LogP contribution in [0.5, 0.6) is 11.5 Å². The van der Waals surface area contributed by atoms with Crippen molar-refractivity contribution >= 4 is 0 Å². The molecule has 1 aromatic rings. The Bertz CT molecular complexity index is 690. The molecule has 0 bridgehead atoms. The molecule has 6 heteroatoms. The van der Waals surface area contributed by atoms with Crippen LogP contribution < -0.4 is 0 Å². The highest BCUT2D eigenvalue weighted by Gasteiger charge is 2.71. The lowest BCUT2D eigenvalue weighted by Gasteiger charge is -2.55. The maximum Gasteiger partial charge on any atom is 0.157 e. The molecule has 0 saturated heterocycles. The zero-order valence-electron chi connectivity index (χ0n) is 13.6. The summed E-state index contributed by atoms with van der Waals surface area (Å²) >= 11 is 0. The van der Waals surface area contributed by atoms with Gasteiger partial charge in [0.2, 0.25) is 0 Å². The molecule has 4 rings (SSSR count). The van der Waals surface area contributed by atoms with Gasteiger partial charge in [-0.1, -0.05) is 6.92 Å². The van der Waals surface area contributed by atoms with Crippen LogP contribution in [-0.2, 0) is 6.42 Å². The lowest BCUT2D eigenvalue weighted by Crippen LogP contribution is -2.62. The number of phenols is 2. The Morgan fingerprint density at radius 3 is 2.38 bits per heavy atom. The average Bonchev–Trinajstić information content (AvgIpc) is 2.69. The molecular formula is C18H24O6. The first-order valence-corrected chi connectivity index (χ1v) is 8.53. The molecule has 0 spiro atoms. The average molecular weight is 336 g/mol. The Hall–Kier alpha value is -1.34. The van der Waals surface area contributed by atoms with Crippen molar-refractivity contribution in [1.29, 1.82) is 0 Å². The van der Waals surface area contributed by atoms with E-state index in [1.165, 1.54) is 0 Å². The third-order valence-corrected chi connectivity index (χ3v) is 7.05. The Morgan fingerprint density at radius 2 is 1.67 bits per heavy atom. The first-order chi connectivity index (χ1) is 11.2. The summed E-state index contributed by atoms with van der Waals surface area (Å²) in [5, 5.41) is 62.1. The number of phenolic OH excluding ortho intramolecular Hbond substituents is 2. The van der Waals surface area contributed by atoms with Crippen LogP contribution in [-0.4, -0.2) is 54.6 Å². The van der Waals surface area contributed by atoms with Crippen LogP contribution in [0.1, 0.15) is 43.2 Å². The monoisotopic (exact) mass is 336 g/mol. The van der Waals surface area contributed by atoms with E-state index in [1.54, 1.807) is 19.1 Å². The maximum absolute atomic E-state index is 11.4. The SMILES string of the molecule is C[C@]12CC[C@@H]3c4cc(O)c(O)cc4CC[C@H]3[C@]1(O)[C@H](O)[C@H](O)[C@H]2O. The molecule has 0 aliphatic heterocycles. The molecule has 7 atom stereocenters. The molecule has 0 aromatic heterocycles. The molecule has 0 unspecified atom stereocenters. The van der Waals surface area contributed by atoms with Crippen molar-refractivity contribution in [3.05, 3.63) is 23.3 Å². The second-order valence-electron chi connectivity index (χ2n) is 7.95. The van der Waals surface area contributed by atoms with Crippen LogP contribution in [0.4, 0.5) is 0 Å². The quantitative estimate of drug-likeness (QED) is 0.381. The van der Waals surface area contributed by atoms with Gasteiger partial charge in [0.1, 0.15) is 17.8 Å². The van der Waals surface area contributed by atoms with E-state index in [9.17, 15) is 30.6 Å². The summed E-state index contributed by atoms with van der Waals surface area (Å²) in [6.07, 6.45) is -1.62. The molecule has 2 fully saturated rings. The summed E-state index contributed by atoms with van der Waals surface area (Å²) in [5.74, 6) is -0.764. The minimum absolute atomic E-state index is 0.0922. The summed E-state index contributed by atoms with van der Waals surface area (Å²) in [6.45, 7) is 1.73. The number of aliphatic hydroxyl groups is 4. The molecule has 3 aliphatic rings. The van der Waals surface area contributed by atoms with Crippen molar-refractivity contribution in [3.63, 3.8) is 0 Å². The Morgan fingerprint density at radius 1 is 1.00 bits per heavy atom. The fourth-order valence-electron chi connectivity index (χ4n) is 5.64. The highest BCUT2D eigenvalue weighted by molar-refractivity contribution is 5.49. The van der Waals surface area contributed by atoms with Crippen molar-refractivity contribution in [2.45, 2.75) is 62.4 Å². The summed E-state index contributed by atoms with van der Waals surface area (Å²) in [4.78, 5) is 0. The van der Waals surface area contributed by atoms with Gasteiger partial charge in [0.05, 0.1) is 6.10 Å². The standard InChI is InChI=1S/C18H24O6/c1-17-5-4-9-10-7-13(20)12(19)6-8(10)2-3-11(9)18(17,24)16(23)14(21)15(17)22/h6-7,9,11,14-16,19-24H,2-5H2,1H3/t9-,11-,14-,15-,16-,17-,18+/m1/s1. The van der Waals surface area contributed by atoms with Crippen LogP contribution in [0, 0.1) is 11.3 Å². The predicted octanol–water partition coefficient (Wildman–Crippen LogP) is 0.371. The zero-order chi connectivity index (χ0) is 17.4. The molecule has 0 heterocycles. The highest BCUT2D eigenvalue weighted by atomic mass is 16.4. The number of fused-ring (bicyclic) bond motifs is 5. The van der Waals surface area contributed by atoms with E-state index < -0.39 is 29.3 Å². The van der Waals surface area contributed by atoms with Crippen molar-refractivity contribution < 1.29 is 30.6 Å². The zero-order valence-corrected chi connectivity index (χ0v) is 13.6. The minimum Gasteiger partial charge on any atom is -0.504 e. The normalized spacial score (nSPS) is 47.0. The van der Waals surface area contributed by atoms with Crippen LogP contribution in [0.25, 0.3) is 0 Å². The molecule has 24 heavy (non-hydrogen) atoms. The Labute approximate surface area is 140 Å². The fraction of sp³-hybridized carbons (Fsp3) is 0.667. The summed E-state index contributed by atoms with van der Waals surface area (Å²) in [5.41, 5.74) is -0.740. The highest BCUT2D eigenvalue weighted by Crippen LogP contribution is 2.63. The largest absolute Gasteiger partial charge is 0.504 e. The molecule has 0 radical (unpaired) electrons. The van der Waals surface area contributed by atoms with E-state index in [2.05, 4.69) is 0 Å². The fourth-order valence-corrected chi connectivity index (χ4v) is 5.64. The van der Waals surface area contributed by atoms with Gasteiger partial charge < -0.3 is 30.6 Å². The van der Waals surface area contributed by atoms with Gasteiger partial charge in [-0.3, -0.25) is 0 Å². The number of rotatable bonds is 0. The van der Waals surface area contributed by atoms with Crippen molar-refractivity contribution in [2.24, 2.45) is 11.3 Å². The maximum atomic E-state index is 11.4. The van der Waals surface area contributed by atoms with Crippen molar-refractivity contribution in [1.82, 2.24) is 0 Å². The topological polar surface area (TPSA) is 121 Å². The van der Waals surface area contributed by atoms with E-state index in [0.29, 0.717) is 25.7 Å². The van der Waals surface area contributed by atoms with E-state index in [1.807, 2.05) is 0 Å². The van der Waals surface area contributed by atoms with Gasteiger partial charge >= 0.3 is 0 Å². The second-order valence-corrected chi connectivity index (χ2v) is 7.95. The number of aryl methyl sites for hydroxylation is 1. The van der Waals surface area contributed by atoms with Gasteiger partial charge in [-0.2, -0.15) is 0 Å². The number of aromatic hydroxyl groups is 2. The lowest BCUT2D eigenvalue weighted by atomic mass is 9.52. The second kappa shape index (κ2) is 4.85. The van der Waals surface area contributed by atoms with E-state index in [-0.39, 0.29) is 23.3 Å². The van der Waals surface area contributed by atoms with Gasteiger partial charge in [-0.25, -0.2) is 0 Å². The smallest absolute Gasteiger partial charge is 0.157 e. The van der Waals surface area contributed by atoms with Gasteiger partial charge in [0.15, 0.2) is 11.5 Å². The predicted molar refractivity (Wildman–Crippen MR) is 84.6 cm³/mol. The minimum atomic E-state index is -1.58. The Balaban J connectivity index is 1.82. The van der Waals surface area contributed by atoms with Crippen LogP contribution in [0.3, 0.4) is 0 Å². The van der Waals surface area contributed by atoms with Crippen molar-refractivity contribution in [3.8, 4) is 11.5 Å². The molecule has 6 nitrogen and oxygen atoms in total. The molecule has 3 aliphatic carbocycles. The van der Waals surface area contributed by atoms with Crippen LogP contribution in [0.15, 0.2) is 12.1 Å². The summed E-state index contributed by atoms with van der Waals surface area (Å²) in [7, 11) is 0. The van der Waals surface area contributed by atoms with Crippen LogP contribution >= 0.6 is 0 Å². The van der Waals surface area contributed by atoms with E-state index >= 15 is 0 Å². The summed E-state index contributed by atoms with van der Waals surface area (Å²) < 4.78 is 0. The van der Waals surface area contributed by atoms with Gasteiger partial charge in [0, 0.05) is 5.41 Å². The van der Waals surface area contributed by atoms with Crippen molar-refractivity contribution in [2.75, 3.05) is 0 Å². The molecule has 132 valence electrons. The first kappa shape index (κ1) is 16.1. The molecular weight excluding hydrogens is 312 g/mol. The lowest BCUT2D eigenvalue weighted by molar-refractivity contribution is -0.199. The van der Waals surface area contributed by atoms with Gasteiger partial charge in [0.25, 0.3) is 0 Å². The number of aliphatic hydroxyl groups excluding tert-OH is 3. The molecule has 1 aromatic carbocycles. The number of hydrogen-bond acceptors (Lipinski definition) is 6. The molecule has 0 amide bonds. The number of hydrogen-bond donors (Lipinski definition) is 6. The summed E-state index contributed by atoms with van der Waals surface area (Å²) in [6, 6.07) is 3.11. The van der Waals surface area contributed by atoms with E-state index in [0.717, 1.165) is 11.1 Å². The van der Waals surface area contributed by atoms with Crippen LogP contribution in [0.2, 0.25) is 0 Å². The molecule has 6 N–H and O–H groups in total. The van der Waals surface area contributed by atoms with Gasteiger partial charge in [-0.15, -0.1) is 0 Å². The van der Waals surface area contributed by atoms with E-state index in [4.69, 9.17) is 0 Å². The molecule has 2 saturated carbocycles. The first-order valence-electron chi connectivity index (χ1n) is 8.53.